The van der Waals surface area contributed by atoms with Crippen LogP contribution in [0.3, 0.4) is 0 Å². The summed E-state index contributed by atoms with van der Waals surface area (Å²) in [6, 6.07) is 0. The number of rotatable bonds is 4. The minimum Gasteiger partial charge on any atom is -0.333 e. The highest BCUT2D eigenvalue weighted by Crippen LogP contribution is 2.62. The topological polar surface area (TPSA) is 220 Å². The lowest BCUT2D eigenvalue weighted by atomic mass is 9.63. The van der Waals surface area contributed by atoms with Crippen molar-refractivity contribution in [1.82, 2.24) is 39.9 Å². The molecule has 20 nitrogen and oxygen atoms in total. The minimum absolute atomic E-state index is 0.0123. The lowest BCUT2D eigenvalue weighted by molar-refractivity contribution is -0.230. The van der Waals surface area contributed by atoms with E-state index in [1.807, 2.05) is 0 Å². The van der Waals surface area contributed by atoms with Gasteiger partial charge in [0.2, 0.25) is 0 Å². The number of fused-ring (bicyclic) bond motifs is 12. The van der Waals surface area contributed by atoms with Crippen molar-refractivity contribution in [1.29, 1.82) is 0 Å². The van der Waals surface area contributed by atoms with E-state index in [2.05, 4.69) is 9.97 Å². The molecular formula is C48H50N8O12. The number of aromatic amines is 2. The van der Waals surface area contributed by atoms with Crippen LogP contribution < -0.4 is 0 Å². The fourth-order valence-corrected chi connectivity index (χ4v) is 16.0. The van der Waals surface area contributed by atoms with Crippen LogP contribution in [0.1, 0.15) is 121 Å². The second-order valence-corrected chi connectivity index (χ2v) is 21.0. The Bertz CT molecular complexity index is 2800. The molecule has 0 radical (unpaired) electrons. The van der Waals surface area contributed by atoms with Crippen molar-refractivity contribution in [2.45, 2.75) is 150 Å². The Hall–Kier alpha value is -4.16. The first-order valence-corrected chi connectivity index (χ1v) is 24.6. The van der Waals surface area contributed by atoms with Crippen molar-refractivity contribution >= 4 is 44.9 Å². The zero-order chi connectivity index (χ0) is 44.6. The lowest BCUT2D eigenvalue weighted by Gasteiger charge is -2.44. The van der Waals surface area contributed by atoms with Gasteiger partial charge in [-0.05, 0) is 51.4 Å². The molecule has 0 spiro atoms. The molecule has 12 aliphatic carbocycles. The molecule has 0 aromatic carbocycles. The molecule has 8 fully saturated rings. The van der Waals surface area contributed by atoms with Gasteiger partial charge in [0, 0.05) is 120 Å². The molecule has 20 heteroatoms. The fraction of sp³-hybridized carbons (Fsp3) is 0.667. The SMILES string of the molecule is COC1OC2C3CCC(C4=C3c3nc5nc(nc6[nH]c(nc7[nH]c(nc4n3)c3c7C4CCC3C3OC(OC)OC43)c3c6C4CCC3C3OC(OC)OC43)C3=C5C4CCC3C3OC(OC)OC43)C2O1. The van der Waals surface area contributed by atoms with Crippen LogP contribution >= 0.6 is 0 Å². The quantitative estimate of drug-likeness (QED) is 0.365. The molecule has 16 bridgehead atoms. The first-order chi connectivity index (χ1) is 33.5. The van der Waals surface area contributed by atoms with Crippen LogP contribution in [-0.2, 0) is 56.8 Å². The normalized spacial score (nSPS) is 44.5. The van der Waals surface area contributed by atoms with E-state index in [4.69, 9.17) is 86.7 Å². The van der Waals surface area contributed by atoms with Crippen LogP contribution in [0.5, 0.6) is 0 Å². The van der Waals surface area contributed by atoms with Crippen LogP contribution in [-0.4, -0.2) is 143 Å². The molecule has 0 amide bonds. The maximum Gasteiger partial charge on any atom is 0.272 e. The number of hydrogen-bond donors (Lipinski definition) is 2. The van der Waals surface area contributed by atoms with Crippen molar-refractivity contribution in [3.8, 4) is 0 Å². The average Bonchev–Trinajstić information content (AvgIpc) is 4.24. The summed E-state index contributed by atoms with van der Waals surface area (Å²) in [5, 5.41) is 0. The highest BCUT2D eigenvalue weighted by atomic mass is 16.9. The molecule has 68 heavy (non-hydrogen) atoms. The van der Waals surface area contributed by atoms with Crippen LogP contribution in [0.2, 0.25) is 0 Å². The summed E-state index contributed by atoms with van der Waals surface area (Å²) in [7, 11) is 6.49. The van der Waals surface area contributed by atoms with Crippen molar-refractivity contribution in [3.05, 3.63) is 45.6 Å². The molecular weight excluding hydrogens is 881 g/mol. The number of ether oxygens (including phenoxy) is 12. The molecule has 2 N–H and O–H groups in total. The van der Waals surface area contributed by atoms with Gasteiger partial charge in [0.15, 0.2) is 23.3 Å². The summed E-state index contributed by atoms with van der Waals surface area (Å²) >= 11 is 0. The molecule has 20 unspecified atom stereocenters. The van der Waals surface area contributed by atoms with Crippen molar-refractivity contribution in [2.75, 3.05) is 28.4 Å². The highest BCUT2D eigenvalue weighted by molar-refractivity contribution is 5.97. The molecule has 4 saturated heterocycles. The predicted octanol–water partition coefficient (Wildman–Crippen LogP) is 4.60. The summed E-state index contributed by atoms with van der Waals surface area (Å²) in [4.78, 5) is 41.0. The molecule has 4 saturated carbocycles. The van der Waals surface area contributed by atoms with Gasteiger partial charge in [0.25, 0.3) is 25.9 Å². The number of nitrogens with zero attached hydrogens (tertiary/aromatic N) is 6. The largest absolute Gasteiger partial charge is 0.333 e. The summed E-state index contributed by atoms with van der Waals surface area (Å²) in [5.41, 5.74) is 11.5. The Morgan fingerprint density at radius 3 is 0.794 bits per heavy atom. The van der Waals surface area contributed by atoms with E-state index >= 15 is 0 Å². The maximum atomic E-state index is 6.49. The summed E-state index contributed by atoms with van der Waals surface area (Å²) in [6.07, 6.45) is 5.58. The molecule has 354 valence electrons. The smallest absolute Gasteiger partial charge is 0.272 e. The van der Waals surface area contributed by atoms with Crippen LogP contribution in [0.25, 0.3) is 44.9 Å². The predicted molar refractivity (Wildman–Crippen MR) is 230 cm³/mol. The van der Waals surface area contributed by atoms with E-state index in [0.717, 1.165) is 119 Å². The van der Waals surface area contributed by atoms with Crippen molar-refractivity contribution in [3.63, 3.8) is 0 Å². The van der Waals surface area contributed by atoms with Crippen molar-refractivity contribution in [2.24, 2.45) is 23.7 Å². The lowest BCUT2D eigenvalue weighted by Crippen LogP contribution is -2.46. The number of methoxy groups -OCH3 is 4. The van der Waals surface area contributed by atoms with E-state index in [1.165, 1.54) is 0 Å². The van der Waals surface area contributed by atoms with Crippen molar-refractivity contribution < 1.29 is 56.8 Å². The zero-order valence-corrected chi connectivity index (χ0v) is 37.8. The van der Waals surface area contributed by atoms with Gasteiger partial charge in [-0.3, -0.25) is 0 Å². The zero-order valence-electron chi connectivity index (χ0n) is 37.8. The van der Waals surface area contributed by atoms with Gasteiger partial charge in [-0.1, -0.05) is 0 Å². The van der Waals surface area contributed by atoms with Gasteiger partial charge < -0.3 is 66.8 Å². The van der Waals surface area contributed by atoms with Crippen LogP contribution in [0, 0.1) is 23.7 Å². The summed E-state index contributed by atoms with van der Waals surface area (Å²) in [6.45, 7) is -2.99. The first kappa shape index (κ1) is 39.5. The fourth-order valence-electron chi connectivity index (χ4n) is 16.0. The highest BCUT2D eigenvalue weighted by Gasteiger charge is 2.61. The van der Waals surface area contributed by atoms with Gasteiger partial charge in [0.05, 0.1) is 48.8 Å². The monoisotopic (exact) mass is 930 g/mol. The molecule has 20 atom stereocenters. The van der Waals surface area contributed by atoms with Gasteiger partial charge in [-0.2, -0.15) is 0 Å². The van der Waals surface area contributed by atoms with Gasteiger partial charge in [-0.15, -0.1) is 0 Å². The Kier molecular flexibility index (Phi) is 8.04. The Labute approximate surface area is 388 Å². The Balaban J connectivity index is 0.964. The van der Waals surface area contributed by atoms with E-state index in [0.29, 0.717) is 23.3 Å². The molecule has 18 aliphatic rings. The van der Waals surface area contributed by atoms with E-state index in [-0.39, 0.29) is 96.2 Å². The maximum absolute atomic E-state index is 6.49. The van der Waals surface area contributed by atoms with E-state index in [9.17, 15) is 0 Å². The second kappa shape index (κ2) is 13.8. The number of hydrogen-bond acceptors (Lipinski definition) is 18. The third kappa shape index (κ3) is 4.91. The minimum atomic E-state index is -0.752. The third-order valence-corrected chi connectivity index (χ3v) is 18.4. The molecule has 9 heterocycles. The average molecular weight is 931 g/mol. The van der Waals surface area contributed by atoms with Crippen LogP contribution in [0.4, 0.5) is 0 Å². The Morgan fingerprint density at radius 2 is 0.529 bits per heavy atom. The molecule has 3 aromatic heterocycles. The van der Waals surface area contributed by atoms with Gasteiger partial charge in [0.1, 0.15) is 22.6 Å². The summed E-state index contributed by atoms with van der Waals surface area (Å²) in [5.74, 6) is 2.22. The van der Waals surface area contributed by atoms with Gasteiger partial charge >= 0.3 is 0 Å². The van der Waals surface area contributed by atoms with Crippen LogP contribution in [0.15, 0.2) is 0 Å². The van der Waals surface area contributed by atoms with E-state index < -0.39 is 25.9 Å². The number of aromatic nitrogens is 8. The number of H-pyrrole nitrogens is 2. The Morgan fingerprint density at radius 1 is 0.309 bits per heavy atom. The van der Waals surface area contributed by atoms with E-state index in [1.54, 1.807) is 28.4 Å². The molecule has 3 aromatic rings. The number of nitrogens with one attached hydrogen (secondary N) is 2. The first-order valence-electron chi connectivity index (χ1n) is 24.6. The summed E-state index contributed by atoms with van der Waals surface area (Å²) < 4.78 is 74.5. The second-order valence-electron chi connectivity index (χ2n) is 21.0. The third-order valence-electron chi connectivity index (χ3n) is 18.4. The van der Waals surface area contributed by atoms with Gasteiger partial charge in [-0.25, -0.2) is 29.9 Å². The standard InChI is InChI=1S/C48H50N8O12/c1-57-45-61-29-13-5-6-14(30(29)62-45)22-21(13)37-49-38(22)54-40-24-16-8-10-18(34-32(16)64-47(59-3)66-34)26(24)42(51-40)56-44-28-20-12-11-19(35-36(20)68-48(60-4)67-35)27(28)43(52-44)55-41-25-17-9-7-15(23(25)39(50-41)53-37)31-33(17)65-46(58-2)63-31/h13-20,29-36,45-48H,5-12H2,1-4H3,(H2,49,50,51,52,53,54,55,56). The molecule has 6 aliphatic heterocycles. The molecule has 21 rings (SSSR count).